The van der Waals surface area contributed by atoms with Crippen LogP contribution in [0.15, 0.2) is 35.0 Å². The lowest BCUT2D eigenvalue weighted by Gasteiger charge is -2.07. The second-order valence-corrected chi connectivity index (χ2v) is 5.06. The molecule has 4 heteroatoms. The maximum absolute atomic E-state index is 5.55. The third kappa shape index (κ3) is 3.05. The summed E-state index contributed by atoms with van der Waals surface area (Å²) in [5.74, 6) is 0. The number of benzene rings is 1. The van der Waals surface area contributed by atoms with Crippen molar-refractivity contribution in [3.05, 3.63) is 51.7 Å². The SMILES string of the molecule is Cc1cscc1CNc1ccc(C(N)=S)cc1. The predicted molar refractivity (Wildman–Crippen MR) is 78.7 cm³/mol. The highest BCUT2D eigenvalue weighted by atomic mass is 32.1. The molecule has 0 atom stereocenters. The Bertz CT molecular complexity index is 514. The van der Waals surface area contributed by atoms with Crippen LogP contribution in [-0.2, 0) is 6.54 Å². The average molecular weight is 262 g/mol. The molecule has 0 bridgehead atoms. The highest BCUT2D eigenvalue weighted by Gasteiger charge is 2.00. The predicted octanol–water partition coefficient (Wildman–Crippen LogP) is 3.30. The molecule has 0 amide bonds. The van der Waals surface area contributed by atoms with Gasteiger partial charge in [0.15, 0.2) is 0 Å². The largest absolute Gasteiger partial charge is 0.389 e. The molecule has 88 valence electrons. The molecule has 0 saturated carbocycles. The number of anilines is 1. The van der Waals surface area contributed by atoms with Crippen LogP contribution in [0.2, 0.25) is 0 Å². The van der Waals surface area contributed by atoms with Gasteiger partial charge in [0.25, 0.3) is 0 Å². The van der Waals surface area contributed by atoms with Crippen molar-refractivity contribution in [3.8, 4) is 0 Å². The quantitative estimate of drug-likeness (QED) is 0.830. The van der Waals surface area contributed by atoms with Crippen LogP contribution < -0.4 is 11.1 Å². The van der Waals surface area contributed by atoms with Gasteiger partial charge in [-0.05, 0) is 53.1 Å². The number of rotatable bonds is 4. The fourth-order valence-corrected chi connectivity index (χ4v) is 2.51. The Hall–Kier alpha value is -1.39. The molecule has 0 unspecified atom stereocenters. The fourth-order valence-electron chi connectivity index (χ4n) is 1.52. The van der Waals surface area contributed by atoms with Crippen molar-refractivity contribution in [2.75, 3.05) is 5.32 Å². The second kappa shape index (κ2) is 5.29. The van der Waals surface area contributed by atoms with Gasteiger partial charge in [-0.15, -0.1) is 0 Å². The molecule has 0 aliphatic carbocycles. The normalized spacial score (nSPS) is 10.2. The van der Waals surface area contributed by atoms with Crippen molar-refractivity contribution < 1.29 is 0 Å². The summed E-state index contributed by atoms with van der Waals surface area (Å²) in [4.78, 5) is 0.435. The van der Waals surface area contributed by atoms with Crippen LogP contribution >= 0.6 is 23.6 Å². The van der Waals surface area contributed by atoms with Gasteiger partial charge in [0.2, 0.25) is 0 Å². The molecular weight excluding hydrogens is 248 g/mol. The molecule has 0 aliphatic rings. The van der Waals surface area contributed by atoms with E-state index < -0.39 is 0 Å². The van der Waals surface area contributed by atoms with Crippen LogP contribution in [0.25, 0.3) is 0 Å². The van der Waals surface area contributed by atoms with Crippen molar-refractivity contribution in [1.29, 1.82) is 0 Å². The maximum atomic E-state index is 5.55. The van der Waals surface area contributed by atoms with Crippen LogP contribution in [0.5, 0.6) is 0 Å². The van der Waals surface area contributed by atoms with E-state index in [2.05, 4.69) is 23.0 Å². The molecule has 3 N–H and O–H groups in total. The third-order valence-corrected chi connectivity index (χ3v) is 3.76. The lowest BCUT2D eigenvalue weighted by molar-refractivity contribution is 1.14. The average Bonchev–Trinajstić information content (AvgIpc) is 2.73. The summed E-state index contributed by atoms with van der Waals surface area (Å²) in [6, 6.07) is 7.86. The standard InChI is InChI=1S/C13H14N2S2/c1-9-7-17-8-11(9)6-15-12-4-2-10(3-5-12)13(14)16/h2-5,7-8,15H,6H2,1H3,(H2,14,16). The molecule has 2 rings (SSSR count). The van der Waals surface area contributed by atoms with Gasteiger partial charge < -0.3 is 11.1 Å². The summed E-state index contributed by atoms with van der Waals surface area (Å²) in [6.45, 7) is 2.98. The molecule has 0 radical (unpaired) electrons. The summed E-state index contributed by atoms with van der Waals surface area (Å²) in [5.41, 5.74) is 10.2. The summed E-state index contributed by atoms with van der Waals surface area (Å²) in [6.07, 6.45) is 0. The minimum absolute atomic E-state index is 0.435. The zero-order valence-electron chi connectivity index (χ0n) is 9.57. The number of hydrogen-bond acceptors (Lipinski definition) is 3. The van der Waals surface area contributed by atoms with Gasteiger partial charge in [-0.25, -0.2) is 0 Å². The first-order valence-corrected chi connectivity index (χ1v) is 6.67. The van der Waals surface area contributed by atoms with Crippen molar-refractivity contribution >= 4 is 34.2 Å². The molecule has 1 aromatic heterocycles. The number of aryl methyl sites for hydroxylation is 1. The van der Waals surface area contributed by atoms with Gasteiger partial charge in [0.05, 0.1) is 0 Å². The summed E-state index contributed by atoms with van der Waals surface area (Å²) >= 11 is 6.64. The van der Waals surface area contributed by atoms with E-state index in [-0.39, 0.29) is 0 Å². The number of thiocarbonyl (C=S) groups is 1. The van der Waals surface area contributed by atoms with Crippen molar-refractivity contribution in [1.82, 2.24) is 0 Å². The van der Waals surface area contributed by atoms with E-state index in [1.807, 2.05) is 24.3 Å². The van der Waals surface area contributed by atoms with Gasteiger partial charge in [-0.3, -0.25) is 0 Å². The van der Waals surface area contributed by atoms with Crippen molar-refractivity contribution in [3.63, 3.8) is 0 Å². The first-order valence-electron chi connectivity index (χ1n) is 5.32. The molecule has 1 aromatic carbocycles. The summed E-state index contributed by atoms with van der Waals surface area (Å²) in [5, 5.41) is 7.71. The van der Waals surface area contributed by atoms with Crippen LogP contribution in [0.1, 0.15) is 16.7 Å². The number of nitrogens with two attached hydrogens (primary N) is 1. The lowest BCUT2D eigenvalue weighted by Crippen LogP contribution is -2.09. The third-order valence-electron chi connectivity index (χ3n) is 2.61. The van der Waals surface area contributed by atoms with Gasteiger partial charge in [-0.1, -0.05) is 12.2 Å². The first-order chi connectivity index (χ1) is 8.16. The Morgan fingerprint density at radius 1 is 1.29 bits per heavy atom. The number of hydrogen-bond donors (Lipinski definition) is 2. The van der Waals surface area contributed by atoms with E-state index in [0.29, 0.717) is 4.99 Å². The molecule has 2 aromatic rings. The minimum atomic E-state index is 0.435. The van der Waals surface area contributed by atoms with E-state index in [4.69, 9.17) is 18.0 Å². The Morgan fingerprint density at radius 3 is 2.53 bits per heavy atom. The van der Waals surface area contributed by atoms with Gasteiger partial charge in [0.1, 0.15) is 4.99 Å². The second-order valence-electron chi connectivity index (χ2n) is 3.88. The summed E-state index contributed by atoms with van der Waals surface area (Å²) in [7, 11) is 0. The molecule has 1 heterocycles. The number of nitrogens with one attached hydrogen (secondary N) is 1. The highest BCUT2D eigenvalue weighted by molar-refractivity contribution is 7.80. The van der Waals surface area contributed by atoms with E-state index in [9.17, 15) is 0 Å². The lowest BCUT2D eigenvalue weighted by atomic mass is 10.2. The van der Waals surface area contributed by atoms with E-state index in [1.165, 1.54) is 11.1 Å². The van der Waals surface area contributed by atoms with Gasteiger partial charge in [0, 0.05) is 17.8 Å². The molecule has 0 aliphatic heterocycles. The smallest absolute Gasteiger partial charge is 0.103 e. The molecule has 0 spiro atoms. The molecule has 17 heavy (non-hydrogen) atoms. The zero-order valence-corrected chi connectivity index (χ0v) is 11.2. The maximum Gasteiger partial charge on any atom is 0.103 e. The zero-order chi connectivity index (χ0) is 12.3. The Labute approximate surface area is 110 Å². The van der Waals surface area contributed by atoms with Crippen LogP contribution in [-0.4, -0.2) is 4.99 Å². The van der Waals surface area contributed by atoms with Crippen LogP contribution in [0.3, 0.4) is 0 Å². The van der Waals surface area contributed by atoms with E-state index in [0.717, 1.165) is 17.8 Å². The van der Waals surface area contributed by atoms with Crippen molar-refractivity contribution in [2.24, 2.45) is 5.73 Å². The molecule has 0 fully saturated rings. The van der Waals surface area contributed by atoms with Crippen LogP contribution in [0, 0.1) is 6.92 Å². The summed E-state index contributed by atoms with van der Waals surface area (Å²) < 4.78 is 0. The Morgan fingerprint density at radius 2 is 2.00 bits per heavy atom. The Kier molecular flexibility index (Phi) is 3.76. The first kappa shape index (κ1) is 12.1. The monoisotopic (exact) mass is 262 g/mol. The van der Waals surface area contributed by atoms with E-state index in [1.54, 1.807) is 11.3 Å². The van der Waals surface area contributed by atoms with Crippen molar-refractivity contribution in [2.45, 2.75) is 13.5 Å². The van der Waals surface area contributed by atoms with E-state index >= 15 is 0 Å². The molecule has 2 nitrogen and oxygen atoms in total. The highest BCUT2D eigenvalue weighted by Crippen LogP contribution is 2.16. The fraction of sp³-hybridized carbons (Fsp3) is 0.154. The molecular formula is C13H14N2S2. The topological polar surface area (TPSA) is 38.0 Å². The van der Waals surface area contributed by atoms with Crippen LogP contribution in [0.4, 0.5) is 5.69 Å². The van der Waals surface area contributed by atoms with Gasteiger partial charge in [-0.2, -0.15) is 11.3 Å². The molecule has 0 saturated heterocycles. The minimum Gasteiger partial charge on any atom is -0.389 e. The Balaban J connectivity index is 2.00. The number of thiophene rings is 1. The van der Waals surface area contributed by atoms with Gasteiger partial charge >= 0.3 is 0 Å².